The molecule has 24 heavy (non-hydrogen) atoms. The minimum atomic E-state index is -0.426. The average molecular weight is 329 g/mol. The van der Waals surface area contributed by atoms with Crippen molar-refractivity contribution in [2.24, 2.45) is 0 Å². The van der Waals surface area contributed by atoms with E-state index in [0.717, 1.165) is 17.5 Å². The van der Waals surface area contributed by atoms with Gasteiger partial charge >= 0.3 is 6.03 Å². The maximum Gasteiger partial charge on any atom is 0.327 e. The van der Waals surface area contributed by atoms with Crippen molar-refractivity contribution < 1.29 is 14.4 Å². The van der Waals surface area contributed by atoms with Crippen LogP contribution in [0.5, 0.6) is 0 Å². The van der Waals surface area contributed by atoms with Gasteiger partial charge in [0.25, 0.3) is 5.91 Å². The molecule has 2 unspecified atom stereocenters. The largest absolute Gasteiger partial charge is 0.354 e. The first-order valence-electron chi connectivity index (χ1n) is 8.49. The van der Waals surface area contributed by atoms with Crippen molar-refractivity contribution in [2.45, 2.75) is 51.7 Å². The van der Waals surface area contributed by atoms with Crippen molar-refractivity contribution in [3.05, 3.63) is 35.4 Å². The third-order valence-electron chi connectivity index (χ3n) is 4.86. The van der Waals surface area contributed by atoms with Gasteiger partial charge in [0.05, 0.1) is 0 Å². The molecule has 2 aliphatic heterocycles. The topological polar surface area (TPSA) is 69.7 Å². The number of rotatable bonds is 5. The van der Waals surface area contributed by atoms with Crippen LogP contribution in [0.4, 0.5) is 4.79 Å². The number of urea groups is 1. The van der Waals surface area contributed by atoms with Crippen LogP contribution in [-0.2, 0) is 22.6 Å². The summed E-state index contributed by atoms with van der Waals surface area (Å²) in [5.74, 6) is -0.316. The maximum absolute atomic E-state index is 12.6. The minimum Gasteiger partial charge on any atom is -0.354 e. The molecule has 2 aliphatic rings. The summed E-state index contributed by atoms with van der Waals surface area (Å²) in [6.07, 6.45) is 1.55. The summed E-state index contributed by atoms with van der Waals surface area (Å²) in [6, 6.07) is 7.29. The van der Waals surface area contributed by atoms with E-state index in [9.17, 15) is 14.4 Å². The van der Waals surface area contributed by atoms with Gasteiger partial charge in [-0.15, -0.1) is 0 Å². The molecule has 128 valence electrons. The van der Waals surface area contributed by atoms with Crippen LogP contribution in [0.2, 0.25) is 0 Å². The van der Waals surface area contributed by atoms with Gasteiger partial charge in [-0.3, -0.25) is 14.5 Å². The number of imide groups is 1. The Bertz CT molecular complexity index is 630. The van der Waals surface area contributed by atoms with Crippen molar-refractivity contribution in [3.8, 4) is 0 Å². The number of nitrogens with one attached hydrogen (secondary N) is 1. The second-order valence-corrected chi connectivity index (χ2v) is 6.52. The predicted octanol–water partition coefficient (Wildman–Crippen LogP) is 1.68. The Labute approximate surface area is 141 Å². The predicted molar refractivity (Wildman–Crippen MR) is 89.1 cm³/mol. The standard InChI is InChI=1S/C18H23N3O3/c1-3-12(2)19-16(22)8-9-20-17(23)15-10-13-6-4-5-7-14(13)11-21(15)18(20)24/h4-7,12,15H,3,8-11H2,1-2H3,(H,19,22). The molecule has 4 amide bonds. The molecule has 6 nitrogen and oxygen atoms in total. The Morgan fingerprint density at radius 3 is 2.71 bits per heavy atom. The molecule has 3 rings (SSSR count). The molecule has 2 atom stereocenters. The third-order valence-corrected chi connectivity index (χ3v) is 4.86. The Kier molecular flexibility index (Phi) is 4.55. The summed E-state index contributed by atoms with van der Waals surface area (Å²) >= 11 is 0. The quantitative estimate of drug-likeness (QED) is 0.836. The highest BCUT2D eigenvalue weighted by molar-refractivity contribution is 6.04. The molecule has 1 N–H and O–H groups in total. The van der Waals surface area contributed by atoms with Gasteiger partial charge in [-0.05, 0) is 24.5 Å². The van der Waals surface area contributed by atoms with Crippen LogP contribution in [0.25, 0.3) is 0 Å². The van der Waals surface area contributed by atoms with Crippen LogP contribution in [0.3, 0.4) is 0 Å². The zero-order valence-corrected chi connectivity index (χ0v) is 14.1. The van der Waals surface area contributed by atoms with Gasteiger partial charge < -0.3 is 10.2 Å². The lowest BCUT2D eigenvalue weighted by atomic mass is 9.95. The van der Waals surface area contributed by atoms with Crippen LogP contribution in [0.15, 0.2) is 24.3 Å². The number of carbonyl (C=O) groups is 3. The average Bonchev–Trinajstić information content (AvgIpc) is 2.81. The second-order valence-electron chi connectivity index (χ2n) is 6.52. The second kappa shape index (κ2) is 6.63. The van der Waals surface area contributed by atoms with Crippen LogP contribution in [0.1, 0.15) is 37.8 Å². The van der Waals surface area contributed by atoms with E-state index in [1.54, 1.807) is 4.90 Å². The number of benzene rings is 1. The van der Waals surface area contributed by atoms with Gasteiger partial charge in [0.2, 0.25) is 5.91 Å². The van der Waals surface area contributed by atoms with Gasteiger partial charge in [-0.1, -0.05) is 31.2 Å². The Morgan fingerprint density at radius 2 is 2.00 bits per heavy atom. The fourth-order valence-corrected chi connectivity index (χ4v) is 3.24. The molecule has 6 heteroatoms. The van der Waals surface area contributed by atoms with Crippen molar-refractivity contribution in [1.82, 2.24) is 15.1 Å². The summed E-state index contributed by atoms with van der Waals surface area (Å²) in [5.41, 5.74) is 2.21. The summed E-state index contributed by atoms with van der Waals surface area (Å²) in [7, 11) is 0. The molecule has 0 aliphatic carbocycles. The van der Waals surface area contributed by atoms with Crippen LogP contribution in [-0.4, -0.2) is 46.3 Å². The molecular weight excluding hydrogens is 306 g/mol. The van der Waals surface area contributed by atoms with E-state index < -0.39 is 6.04 Å². The normalized spacial score (nSPS) is 20.7. The van der Waals surface area contributed by atoms with Crippen molar-refractivity contribution >= 4 is 17.8 Å². The molecule has 0 saturated carbocycles. The van der Waals surface area contributed by atoms with E-state index in [2.05, 4.69) is 5.32 Å². The van der Waals surface area contributed by atoms with Gasteiger partial charge in [0.15, 0.2) is 0 Å². The van der Waals surface area contributed by atoms with E-state index in [0.29, 0.717) is 13.0 Å². The number of hydrogen-bond donors (Lipinski definition) is 1. The molecule has 0 spiro atoms. The lowest BCUT2D eigenvalue weighted by molar-refractivity contribution is -0.129. The Morgan fingerprint density at radius 1 is 1.29 bits per heavy atom. The smallest absolute Gasteiger partial charge is 0.327 e. The lowest BCUT2D eigenvalue weighted by Crippen LogP contribution is -2.40. The fraction of sp³-hybridized carbons (Fsp3) is 0.500. The molecule has 0 radical (unpaired) electrons. The van der Waals surface area contributed by atoms with Gasteiger partial charge in [0.1, 0.15) is 6.04 Å². The number of hydrogen-bond acceptors (Lipinski definition) is 3. The van der Waals surface area contributed by atoms with E-state index in [-0.39, 0.29) is 36.9 Å². The first-order chi connectivity index (χ1) is 11.5. The summed E-state index contributed by atoms with van der Waals surface area (Å²) < 4.78 is 0. The first kappa shape index (κ1) is 16.5. The molecule has 1 aromatic rings. The van der Waals surface area contributed by atoms with Crippen molar-refractivity contribution in [2.75, 3.05) is 6.54 Å². The van der Waals surface area contributed by atoms with E-state index in [1.807, 2.05) is 38.1 Å². The zero-order chi connectivity index (χ0) is 17.3. The minimum absolute atomic E-state index is 0.100. The molecular formula is C18H23N3O3. The van der Waals surface area contributed by atoms with E-state index in [4.69, 9.17) is 0 Å². The van der Waals surface area contributed by atoms with Crippen molar-refractivity contribution in [3.63, 3.8) is 0 Å². The van der Waals surface area contributed by atoms with E-state index in [1.165, 1.54) is 4.90 Å². The summed E-state index contributed by atoms with van der Waals surface area (Å²) in [4.78, 5) is 39.9. The van der Waals surface area contributed by atoms with Gasteiger partial charge in [-0.25, -0.2) is 4.79 Å². The summed E-state index contributed by atoms with van der Waals surface area (Å²) in [5, 5.41) is 2.86. The van der Waals surface area contributed by atoms with Crippen LogP contribution < -0.4 is 5.32 Å². The molecule has 1 fully saturated rings. The first-order valence-corrected chi connectivity index (χ1v) is 8.49. The van der Waals surface area contributed by atoms with Crippen molar-refractivity contribution in [1.29, 1.82) is 0 Å². The molecule has 0 bridgehead atoms. The van der Waals surface area contributed by atoms with Crippen LogP contribution in [0, 0.1) is 0 Å². The van der Waals surface area contributed by atoms with Gasteiger partial charge in [-0.2, -0.15) is 0 Å². The Balaban J connectivity index is 1.65. The number of nitrogens with zero attached hydrogens (tertiary/aromatic N) is 2. The molecule has 1 aromatic carbocycles. The molecule has 0 aromatic heterocycles. The van der Waals surface area contributed by atoms with Crippen LogP contribution >= 0.6 is 0 Å². The SMILES string of the molecule is CCC(C)NC(=O)CCN1C(=O)C2Cc3ccccc3CN2C1=O. The number of amides is 4. The third kappa shape index (κ3) is 3.00. The number of carbonyl (C=O) groups excluding carboxylic acids is 3. The maximum atomic E-state index is 12.6. The van der Waals surface area contributed by atoms with E-state index >= 15 is 0 Å². The highest BCUT2D eigenvalue weighted by Crippen LogP contribution is 2.29. The zero-order valence-electron chi connectivity index (χ0n) is 14.1. The monoisotopic (exact) mass is 329 g/mol. The highest BCUT2D eigenvalue weighted by Gasteiger charge is 2.46. The number of fused-ring (bicyclic) bond motifs is 2. The Hall–Kier alpha value is -2.37. The lowest BCUT2D eigenvalue weighted by Gasteiger charge is -2.28. The highest BCUT2D eigenvalue weighted by atomic mass is 16.2. The molecule has 2 heterocycles. The fourth-order valence-electron chi connectivity index (χ4n) is 3.24. The molecule has 1 saturated heterocycles. The summed E-state index contributed by atoms with van der Waals surface area (Å²) in [6.45, 7) is 4.53. The van der Waals surface area contributed by atoms with Gasteiger partial charge in [0, 0.05) is 32.0 Å².